The van der Waals surface area contributed by atoms with Crippen molar-refractivity contribution in [3.63, 3.8) is 0 Å². The molecule has 0 bridgehead atoms. The van der Waals surface area contributed by atoms with Gasteiger partial charge in [0, 0.05) is 19.1 Å². The lowest BCUT2D eigenvalue weighted by Gasteiger charge is -2.29. The van der Waals surface area contributed by atoms with Gasteiger partial charge in [-0.25, -0.2) is 0 Å². The number of benzene rings is 1. The van der Waals surface area contributed by atoms with Crippen molar-refractivity contribution in [2.24, 2.45) is 0 Å². The van der Waals surface area contributed by atoms with Gasteiger partial charge in [0.15, 0.2) is 0 Å². The summed E-state index contributed by atoms with van der Waals surface area (Å²) in [6.07, 6.45) is 0. The minimum Gasteiger partial charge on any atom is -0.348 e. The van der Waals surface area contributed by atoms with Crippen molar-refractivity contribution in [3.05, 3.63) is 35.4 Å². The van der Waals surface area contributed by atoms with Crippen LogP contribution in [0.4, 0.5) is 0 Å². The first kappa shape index (κ1) is 14.0. The Bertz CT molecular complexity index is 422. The fraction of sp³-hybridized carbons (Fsp3) is 0.533. The molecule has 1 saturated heterocycles. The Hall–Kier alpha value is -1.39. The predicted octanol–water partition coefficient (Wildman–Crippen LogP) is 1.12. The molecule has 3 N–H and O–H groups in total. The van der Waals surface area contributed by atoms with Crippen molar-refractivity contribution in [1.82, 2.24) is 16.0 Å². The van der Waals surface area contributed by atoms with E-state index in [9.17, 15) is 4.79 Å². The molecule has 0 spiro atoms. The van der Waals surface area contributed by atoms with Gasteiger partial charge in [0.1, 0.15) is 0 Å². The number of hydrogen-bond donors (Lipinski definition) is 3. The van der Waals surface area contributed by atoms with Crippen LogP contribution in [0.25, 0.3) is 0 Å². The maximum absolute atomic E-state index is 12.1. The summed E-state index contributed by atoms with van der Waals surface area (Å²) in [5, 5.41) is 9.63. The highest BCUT2D eigenvalue weighted by atomic mass is 16.2. The third-order valence-electron chi connectivity index (χ3n) is 3.59. The van der Waals surface area contributed by atoms with Gasteiger partial charge < -0.3 is 16.0 Å². The first-order valence-electron chi connectivity index (χ1n) is 6.90. The Morgan fingerprint density at radius 2 is 1.95 bits per heavy atom. The summed E-state index contributed by atoms with van der Waals surface area (Å²) < 4.78 is 0. The lowest BCUT2D eigenvalue weighted by Crippen LogP contribution is -2.59. The molecule has 1 fully saturated rings. The standard InChI is InChI=1S/C15H23N3O/c1-10-4-6-13(7-5-10)12(3)18-15(19)14-9-16-11(2)8-17-14/h4-7,11-12,14,16-17H,8-9H2,1-3H3,(H,18,19). The molecule has 0 aliphatic carbocycles. The van der Waals surface area contributed by atoms with Gasteiger partial charge in [-0.05, 0) is 26.3 Å². The van der Waals surface area contributed by atoms with Crippen molar-refractivity contribution in [3.8, 4) is 0 Å². The molecule has 0 aromatic heterocycles. The summed E-state index contributed by atoms with van der Waals surface area (Å²) in [4.78, 5) is 12.1. The molecule has 1 aliphatic rings. The summed E-state index contributed by atoms with van der Waals surface area (Å²) in [5.74, 6) is 0.0625. The van der Waals surface area contributed by atoms with Gasteiger partial charge in [-0.3, -0.25) is 4.79 Å². The van der Waals surface area contributed by atoms with E-state index in [2.05, 4.69) is 54.1 Å². The molecule has 4 heteroatoms. The minimum atomic E-state index is -0.135. The second-order valence-corrected chi connectivity index (χ2v) is 5.41. The molecule has 1 aromatic rings. The zero-order valence-corrected chi connectivity index (χ0v) is 11.9. The molecule has 1 aliphatic heterocycles. The summed E-state index contributed by atoms with van der Waals surface area (Å²) in [6, 6.07) is 8.60. The van der Waals surface area contributed by atoms with E-state index >= 15 is 0 Å². The number of rotatable bonds is 3. The van der Waals surface area contributed by atoms with Crippen LogP contribution in [0.1, 0.15) is 31.0 Å². The highest BCUT2D eigenvalue weighted by Crippen LogP contribution is 2.13. The second-order valence-electron chi connectivity index (χ2n) is 5.41. The third-order valence-corrected chi connectivity index (χ3v) is 3.59. The van der Waals surface area contributed by atoms with Crippen molar-refractivity contribution in [1.29, 1.82) is 0 Å². The Balaban J connectivity index is 1.89. The van der Waals surface area contributed by atoms with E-state index in [-0.39, 0.29) is 18.0 Å². The van der Waals surface area contributed by atoms with E-state index in [1.165, 1.54) is 5.56 Å². The van der Waals surface area contributed by atoms with E-state index in [1.807, 2.05) is 6.92 Å². The van der Waals surface area contributed by atoms with Gasteiger partial charge in [-0.1, -0.05) is 29.8 Å². The average molecular weight is 261 g/mol. The molecular formula is C15H23N3O. The Morgan fingerprint density at radius 3 is 2.53 bits per heavy atom. The SMILES string of the molecule is Cc1ccc(C(C)NC(=O)C2CNC(C)CN2)cc1. The number of carbonyl (C=O) groups is 1. The molecule has 2 rings (SSSR count). The fourth-order valence-corrected chi connectivity index (χ4v) is 2.22. The third kappa shape index (κ3) is 3.78. The van der Waals surface area contributed by atoms with Crippen LogP contribution in [0.2, 0.25) is 0 Å². The highest BCUT2D eigenvalue weighted by Gasteiger charge is 2.24. The molecule has 3 atom stereocenters. The van der Waals surface area contributed by atoms with Gasteiger partial charge in [0.05, 0.1) is 12.1 Å². The van der Waals surface area contributed by atoms with Gasteiger partial charge in [-0.2, -0.15) is 0 Å². The number of hydrogen-bond acceptors (Lipinski definition) is 3. The molecular weight excluding hydrogens is 238 g/mol. The van der Waals surface area contributed by atoms with Gasteiger partial charge in [0.2, 0.25) is 5.91 Å². The van der Waals surface area contributed by atoms with E-state index in [0.717, 1.165) is 12.1 Å². The molecule has 1 heterocycles. The molecule has 0 radical (unpaired) electrons. The molecule has 1 amide bonds. The topological polar surface area (TPSA) is 53.2 Å². The van der Waals surface area contributed by atoms with E-state index < -0.39 is 0 Å². The zero-order chi connectivity index (χ0) is 13.8. The van der Waals surface area contributed by atoms with Gasteiger partial charge in [-0.15, -0.1) is 0 Å². The number of amides is 1. The Morgan fingerprint density at radius 1 is 1.26 bits per heavy atom. The Labute approximate surface area is 115 Å². The van der Waals surface area contributed by atoms with Crippen molar-refractivity contribution in [2.75, 3.05) is 13.1 Å². The zero-order valence-electron chi connectivity index (χ0n) is 11.9. The van der Waals surface area contributed by atoms with Crippen LogP contribution in [0.15, 0.2) is 24.3 Å². The maximum atomic E-state index is 12.1. The molecule has 1 aromatic carbocycles. The largest absolute Gasteiger partial charge is 0.348 e. The second kappa shape index (κ2) is 6.17. The van der Waals surface area contributed by atoms with Crippen LogP contribution >= 0.6 is 0 Å². The van der Waals surface area contributed by atoms with Crippen LogP contribution in [-0.4, -0.2) is 31.1 Å². The monoisotopic (exact) mass is 261 g/mol. The molecule has 0 saturated carbocycles. The lowest BCUT2D eigenvalue weighted by atomic mass is 10.1. The average Bonchev–Trinajstić information content (AvgIpc) is 2.40. The quantitative estimate of drug-likeness (QED) is 0.764. The summed E-state index contributed by atoms with van der Waals surface area (Å²) in [5.41, 5.74) is 2.37. The molecule has 3 unspecified atom stereocenters. The van der Waals surface area contributed by atoms with E-state index in [4.69, 9.17) is 0 Å². The van der Waals surface area contributed by atoms with Crippen LogP contribution in [-0.2, 0) is 4.79 Å². The van der Waals surface area contributed by atoms with E-state index in [0.29, 0.717) is 12.6 Å². The van der Waals surface area contributed by atoms with Crippen LogP contribution in [0.5, 0.6) is 0 Å². The molecule has 4 nitrogen and oxygen atoms in total. The van der Waals surface area contributed by atoms with Crippen molar-refractivity contribution in [2.45, 2.75) is 38.9 Å². The van der Waals surface area contributed by atoms with E-state index in [1.54, 1.807) is 0 Å². The number of carbonyl (C=O) groups excluding carboxylic acids is 1. The van der Waals surface area contributed by atoms with Crippen LogP contribution in [0, 0.1) is 6.92 Å². The number of aryl methyl sites for hydroxylation is 1. The maximum Gasteiger partial charge on any atom is 0.238 e. The molecule has 19 heavy (non-hydrogen) atoms. The lowest BCUT2D eigenvalue weighted by molar-refractivity contribution is -0.124. The Kier molecular flexibility index (Phi) is 4.56. The van der Waals surface area contributed by atoms with Crippen molar-refractivity contribution < 1.29 is 4.79 Å². The van der Waals surface area contributed by atoms with Crippen molar-refractivity contribution >= 4 is 5.91 Å². The van der Waals surface area contributed by atoms with Crippen LogP contribution < -0.4 is 16.0 Å². The summed E-state index contributed by atoms with van der Waals surface area (Å²) in [6.45, 7) is 7.70. The first-order valence-corrected chi connectivity index (χ1v) is 6.90. The highest BCUT2D eigenvalue weighted by molar-refractivity contribution is 5.82. The summed E-state index contributed by atoms with van der Waals surface area (Å²) in [7, 11) is 0. The number of nitrogens with one attached hydrogen (secondary N) is 3. The fourth-order valence-electron chi connectivity index (χ4n) is 2.22. The summed E-state index contributed by atoms with van der Waals surface area (Å²) >= 11 is 0. The minimum absolute atomic E-state index is 0.0363. The smallest absolute Gasteiger partial charge is 0.238 e. The van der Waals surface area contributed by atoms with Crippen LogP contribution in [0.3, 0.4) is 0 Å². The predicted molar refractivity (Wildman–Crippen MR) is 77.0 cm³/mol. The number of piperazine rings is 1. The van der Waals surface area contributed by atoms with Gasteiger partial charge in [0.25, 0.3) is 0 Å². The normalized spacial score (nSPS) is 24.8. The molecule has 104 valence electrons. The van der Waals surface area contributed by atoms with Gasteiger partial charge >= 0.3 is 0 Å². The first-order chi connectivity index (χ1) is 9.06.